The minimum absolute atomic E-state index is 0.119. The van der Waals surface area contributed by atoms with Crippen molar-refractivity contribution in [2.45, 2.75) is 75.8 Å². The molecule has 0 radical (unpaired) electrons. The lowest BCUT2D eigenvalue weighted by atomic mass is 9.81. The van der Waals surface area contributed by atoms with Crippen LogP contribution in [0.5, 0.6) is 0 Å². The molecule has 21 heavy (non-hydrogen) atoms. The molecule has 1 heterocycles. The molecule has 2 fully saturated rings. The number of aromatic amines is 1. The molecule has 3 rings (SSSR count). The van der Waals surface area contributed by atoms with Crippen LogP contribution in [0.1, 0.15) is 81.3 Å². The molecular weight excluding hydrogens is 279 g/mol. The Hall–Kier alpha value is -1.07. The maximum absolute atomic E-state index is 12.7. The van der Waals surface area contributed by atoms with Crippen LogP contribution >= 0.6 is 0 Å². The molecule has 0 aliphatic heterocycles. The van der Waals surface area contributed by atoms with Crippen molar-refractivity contribution in [1.29, 1.82) is 0 Å². The Labute approximate surface area is 122 Å². The van der Waals surface area contributed by atoms with Gasteiger partial charge in [-0.05, 0) is 38.5 Å². The zero-order valence-electron chi connectivity index (χ0n) is 12.1. The molecule has 0 bridgehead atoms. The van der Waals surface area contributed by atoms with Gasteiger partial charge < -0.3 is 0 Å². The lowest BCUT2D eigenvalue weighted by Crippen LogP contribution is -2.27. The lowest BCUT2D eigenvalue weighted by molar-refractivity contribution is -0.182. The number of hydrogen-bond acceptors (Lipinski definition) is 2. The number of nitrogens with one attached hydrogen (secondary N) is 1. The highest BCUT2D eigenvalue weighted by Crippen LogP contribution is 2.42. The molecule has 3 nitrogen and oxygen atoms in total. The molecule has 2 aliphatic carbocycles. The Balaban J connectivity index is 1.60. The third-order valence-corrected chi connectivity index (χ3v) is 5.07. The summed E-state index contributed by atoms with van der Waals surface area (Å²) < 4.78 is 38.0. The number of hydrogen-bond donors (Lipinski definition) is 1. The van der Waals surface area contributed by atoms with Crippen LogP contribution in [0.4, 0.5) is 13.2 Å². The number of rotatable bonds is 2. The second kappa shape index (κ2) is 5.97. The average molecular weight is 301 g/mol. The van der Waals surface area contributed by atoms with E-state index in [2.05, 4.69) is 15.2 Å². The summed E-state index contributed by atoms with van der Waals surface area (Å²) in [6.45, 7) is 0. The summed E-state index contributed by atoms with van der Waals surface area (Å²) >= 11 is 0. The highest BCUT2D eigenvalue weighted by Gasteiger charge is 2.42. The third kappa shape index (κ3) is 3.40. The highest BCUT2D eigenvalue weighted by atomic mass is 19.4. The Morgan fingerprint density at radius 3 is 2.14 bits per heavy atom. The Bertz CT molecular complexity index is 455. The van der Waals surface area contributed by atoms with Gasteiger partial charge in [-0.15, -0.1) is 0 Å². The monoisotopic (exact) mass is 301 g/mol. The lowest BCUT2D eigenvalue weighted by Gasteiger charge is -2.28. The maximum Gasteiger partial charge on any atom is 0.391 e. The summed E-state index contributed by atoms with van der Waals surface area (Å²) in [5, 5.41) is 7.31. The number of alkyl halides is 3. The van der Waals surface area contributed by atoms with Crippen molar-refractivity contribution in [3.8, 4) is 0 Å². The molecule has 1 N–H and O–H groups in total. The SMILES string of the molecule is FC(F)(F)C1CCC(c2nc(C3CCCCC3)n[nH]2)CC1. The number of halogens is 3. The van der Waals surface area contributed by atoms with Crippen LogP contribution in [0.3, 0.4) is 0 Å². The van der Waals surface area contributed by atoms with E-state index >= 15 is 0 Å². The van der Waals surface area contributed by atoms with Gasteiger partial charge in [0.05, 0.1) is 5.92 Å². The first kappa shape index (κ1) is 14.9. The summed E-state index contributed by atoms with van der Waals surface area (Å²) in [7, 11) is 0. The molecule has 118 valence electrons. The third-order valence-electron chi connectivity index (χ3n) is 5.07. The predicted octanol–water partition coefficient (Wildman–Crippen LogP) is 4.69. The molecule has 0 aromatic carbocycles. The van der Waals surface area contributed by atoms with Crippen LogP contribution in [0.2, 0.25) is 0 Å². The molecule has 1 aromatic heterocycles. The molecule has 0 unspecified atom stereocenters. The van der Waals surface area contributed by atoms with Gasteiger partial charge in [-0.3, -0.25) is 5.10 Å². The van der Waals surface area contributed by atoms with Gasteiger partial charge in [-0.2, -0.15) is 18.3 Å². The van der Waals surface area contributed by atoms with Crippen LogP contribution in [-0.4, -0.2) is 21.4 Å². The van der Waals surface area contributed by atoms with Crippen LogP contribution in [-0.2, 0) is 0 Å². The Morgan fingerprint density at radius 2 is 1.52 bits per heavy atom. The van der Waals surface area contributed by atoms with E-state index in [1.807, 2.05) is 0 Å². The fraction of sp³-hybridized carbons (Fsp3) is 0.867. The molecule has 6 heteroatoms. The second-order valence-corrected chi connectivity index (χ2v) is 6.50. The maximum atomic E-state index is 12.7. The second-order valence-electron chi connectivity index (χ2n) is 6.50. The van der Waals surface area contributed by atoms with Gasteiger partial charge in [-0.25, -0.2) is 4.98 Å². The normalized spacial score (nSPS) is 28.7. The van der Waals surface area contributed by atoms with Crippen molar-refractivity contribution in [1.82, 2.24) is 15.2 Å². The summed E-state index contributed by atoms with van der Waals surface area (Å²) in [5.41, 5.74) is 0. The van der Waals surface area contributed by atoms with E-state index in [0.717, 1.165) is 24.5 Å². The standard InChI is InChI=1S/C15H22F3N3/c16-15(17,18)12-8-6-11(7-9-12)14-19-13(20-21-14)10-4-2-1-3-5-10/h10-12H,1-9H2,(H,19,20,21). The van der Waals surface area contributed by atoms with Crippen molar-refractivity contribution in [2.24, 2.45) is 5.92 Å². The number of H-pyrrole nitrogens is 1. The van der Waals surface area contributed by atoms with E-state index in [9.17, 15) is 13.2 Å². The zero-order valence-corrected chi connectivity index (χ0v) is 12.1. The molecule has 2 aliphatic rings. The number of aromatic nitrogens is 3. The topological polar surface area (TPSA) is 41.6 Å². The molecule has 1 aromatic rings. The van der Waals surface area contributed by atoms with Gasteiger partial charge in [0.1, 0.15) is 5.82 Å². The first-order valence-electron chi connectivity index (χ1n) is 8.03. The van der Waals surface area contributed by atoms with Crippen molar-refractivity contribution in [2.75, 3.05) is 0 Å². The zero-order chi connectivity index (χ0) is 14.9. The quantitative estimate of drug-likeness (QED) is 0.861. The van der Waals surface area contributed by atoms with Crippen LogP contribution in [0.25, 0.3) is 0 Å². The molecule has 2 saturated carbocycles. The van der Waals surface area contributed by atoms with Crippen LogP contribution in [0.15, 0.2) is 0 Å². The van der Waals surface area contributed by atoms with Crippen molar-refractivity contribution in [3.63, 3.8) is 0 Å². The fourth-order valence-corrected chi connectivity index (χ4v) is 3.71. The minimum Gasteiger partial charge on any atom is -0.263 e. The van der Waals surface area contributed by atoms with Gasteiger partial charge in [0.2, 0.25) is 0 Å². The minimum atomic E-state index is -4.04. The van der Waals surface area contributed by atoms with E-state index in [-0.39, 0.29) is 18.8 Å². The van der Waals surface area contributed by atoms with Gasteiger partial charge in [-0.1, -0.05) is 19.3 Å². The predicted molar refractivity (Wildman–Crippen MR) is 73.0 cm³/mol. The van der Waals surface area contributed by atoms with E-state index < -0.39 is 12.1 Å². The molecule has 0 saturated heterocycles. The molecule has 0 spiro atoms. The summed E-state index contributed by atoms with van der Waals surface area (Å²) in [4.78, 5) is 4.60. The van der Waals surface area contributed by atoms with Gasteiger partial charge >= 0.3 is 6.18 Å². The molecular formula is C15H22F3N3. The van der Waals surface area contributed by atoms with Gasteiger partial charge in [0, 0.05) is 11.8 Å². The van der Waals surface area contributed by atoms with Crippen LogP contribution in [0, 0.1) is 5.92 Å². The Morgan fingerprint density at radius 1 is 0.857 bits per heavy atom. The first-order chi connectivity index (χ1) is 10.0. The van der Waals surface area contributed by atoms with Crippen molar-refractivity contribution >= 4 is 0 Å². The molecule has 0 atom stereocenters. The highest BCUT2D eigenvalue weighted by molar-refractivity contribution is 5.04. The average Bonchev–Trinajstić information content (AvgIpc) is 2.97. The van der Waals surface area contributed by atoms with E-state index in [1.165, 1.54) is 19.3 Å². The van der Waals surface area contributed by atoms with Crippen molar-refractivity contribution < 1.29 is 13.2 Å². The first-order valence-corrected chi connectivity index (χ1v) is 8.03. The van der Waals surface area contributed by atoms with E-state index in [4.69, 9.17) is 0 Å². The summed E-state index contributed by atoms with van der Waals surface area (Å²) in [6, 6.07) is 0. The van der Waals surface area contributed by atoms with Gasteiger partial charge in [0.15, 0.2) is 5.82 Å². The summed E-state index contributed by atoms with van der Waals surface area (Å²) in [5.74, 6) is 1.11. The summed E-state index contributed by atoms with van der Waals surface area (Å²) in [6.07, 6.45) is 3.52. The fourth-order valence-electron chi connectivity index (χ4n) is 3.71. The number of nitrogens with zero attached hydrogens (tertiary/aromatic N) is 2. The largest absolute Gasteiger partial charge is 0.391 e. The van der Waals surface area contributed by atoms with E-state index in [0.29, 0.717) is 18.8 Å². The Kier molecular flexibility index (Phi) is 4.22. The van der Waals surface area contributed by atoms with Crippen LogP contribution < -0.4 is 0 Å². The smallest absolute Gasteiger partial charge is 0.263 e. The van der Waals surface area contributed by atoms with Crippen molar-refractivity contribution in [3.05, 3.63) is 11.6 Å². The van der Waals surface area contributed by atoms with Gasteiger partial charge in [0.25, 0.3) is 0 Å². The van der Waals surface area contributed by atoms with E-state index in [1.54, 1.807) is 0 Å². The molecule has 0 amide bonds.